The van der Waals surface area contributed by atoms with E-state index in [0.717, 1.165) is 39.1 Å². The second-order valence-electron chi connectivity index (χ2n) is 5.91. The van der Waals surface area contributed by atoms with Crippen LogP contribution in [-0.4, -0.2) is 52.5 Å². The summed E-state index contributed by atoms with van der Waals surface area (Å²) in [5.74, 6) is 0. The topological polar surface area (TPSA) is 32.3 Å². The number of rotatable bonds is 5. The molecule has 3 rings (SSSR count). The highest BCUT2D eigenvalue weighted by atomic mass is 15.3. The Labute approximate surface area is 132 Å². The van der Waals surface area contributed by atoms with Crippen LogP contribution in [0.4, 0.5) is 0 Å². The van der Waals surface area contributed by atoms with E-state index in [4.69, 9.17) is 0 Å². The number of pyridine rings is 2. The summed E-state index contributed by atoms with van der Waals surface area (Å²) in [5.41, 5.74) is 2.50. The van der Waals surface area contributed by atoms with E-state index in [2.05, 4.69) is 44.9 Å². The van der Waals surface area contributed by atoms with Gasteiger partial charge in [0.05, 0.1) is 0 Å². The molecule has 1 fully saturated rings. The standard InChI is InChI=1S/C18H24N4/c1-16(17-5-4-8-19-15-17)22-13-11-21(12-14-22)10-7-18-6-2-3-9-20-18/h2-6,8-9,15-16H,7,10-14H2,1H3/t16-/m0/s1. The van der Waals surface area contributed by atoms with Crippen LogP contribution >= 0.6 is 0 Å². The lowest BCUT2D eigenvalue weighted by Crippen LogP contribution is -2.47. The van der Waals surface area contributed by atoms with Gasteiger partial charge in [-0.05, 0) is 30.7 Å². The molecule has 0 saturated carbocycles. The summed E-state index contributed by atoms with van der Waals surface area (Å²) in [4.78, 5) is 13.7. The van der Waals surface area contributed by atoms with Crippen LogP contribution in [-0.2, 0) is 6.42 Å². The van der Waals surface area contributed by atoms with Crippen LogP contribution in [0.5, 0.6) is 0 Å². The average Bonchev–Trinajstić information content (AvgIpc) is 2.61. The van der Waals surface area contributed by atoms with Crippen LogP contribution in [0.2, 0.25) is 0 Å². The zero-order valence-electron chi connectivity index (χ0n) is 13.2. The molecule has 0 spiro atoms. The van der Waals surface area contributed by atoms with Gasteiger partial charge in [0.15, 0.2) is 0 Å². The fraction of sp³-hybridized carbons (Fsp3) is 0.444. The number of piperazine rings is 1. The molecular formula is C18H24N4. The Morgan fingerprint density at radius 1 is 1.05 bits per heavy atom. The number of nitrogens with zero attached hydrogens (tertiary/aromatic N) is 4. The Morgan fingerprint density at radius 2 is 1.91 bits per heavy atom. The summed E-state index contributed by atoms with van der Waals surface area (Å²) in [6.07, 6.45) is 6.74. The molecule has 0 unspecified atom stereocenters. The first-order valence-electron chi connectivity index (χ1n) is 8.09. The molecule has 1 aliphatic heterocycles. The third-order valence-corrected chi connectivity index (χ3v) is 4.53. The van der Waals surface area contributed by atoms with Gasteiger partial charge in [-0.2, -0.15) is 0 Å². The molecule has 0 amide bonds. The van der Waals surface area contributed by atoms with Gasteiger partial charge in [0.1, 0.15) is 0 Å². The molecule has 0 bridgehead atoms. The van der Waals surface area contributed by atoms with Crippen LogP contribution in [0.3, 0.4) is 0 Å². The van der Waals surface area contributed by atoms with Crippen LogP contribution in [0.25, 0.3) is 0 Å². The van der Waals surface area contributed by atoms with Gasteiger partial charge in [-0.15, -0.1) is 0 Å². The fourth-order valence-electron chi connectivity index (χ4n) is 3.03. The normalized spacial score (nSPS) is 18.2. The molecule has 4 nitrogen and oxygen atoms in total. The third kappa shape index (κ3) is 3.90. The van der Waals surface area contributed by atoms with Crippen molar-refractivity contribution in [3.05, 3.63) is 60.2 Å². The van der Waals surface area contributed by atoms with E-state index in [0.29, 0.717) is 6.04 Å². The minimum atomic E-state index is 0.451. The van der Waals surface area contributed by atoms with E-state index >= 15 is 0 Å². The van der Waals surface area contributed by atoms with E-state index in [9.17, 15) is 0 Å². The fourth-order valence-corrected chi connectivity index (χ4v) is 3.03. The highest BCUT2D eigenvalue weighted by Gasteiger charge is 2.21. The lowest BCUT2D eigenvalue weighted by Gasteiger charge is -2.38. The molecule has 1 saturated heterocycles. The van der Waals surface area contributed by atoms with Crippen LogP contribution < -0.4 is 0 Å². The van der Waals surface area contributed by atoms with Crippen molar-refractivity contribution in [1.82, 2.24) is 19.8 Å². The van der Waals surface area contributed by atoms with Crippen LogP contribution in [0, 0.1) is 0 Å². The van der Waals surface area contributed by atoms with E-state index in [1.807, 2.05) is 30.7 Å². The van der Waals surface area contributed by atoms with Gasteiger partial charge in [-0.25, -0.2) is 0 Å². The Morgan fingerprint density at radius 3 is 2.59 bits per heavy atom. The second-order valence-corrected chi connectivity index (χ2v) is 5.91. The van der Waals surface area contributed by atoms with Gasteiger partial charge in [0, 0.05) is 69.5 Å². The van der Waals surface area contributed by atoms with E-state index < -0.39 is 0 Å². The van der Waals surface area contributed by atoms with Crippen molar-refractivity contribution in [2.24, 2.45) is 0 Å². The number of aromatic nitrogens is 2. The Bertz CT molecular complexity index is 550. The molecule has 1 aliphatic rings. The monoisotopic (exact) mass is 296 g/mol. The van der Waals surface area contributed by atoms with E-state index in [1.165, 1.54) is 11.3 Å². The van der Waals surface area contributed by atoms with Gasteiger partial charge in [-0.1, -0.05) is 12.1 Å². The average molecular weight is 296 g/mol. The molecular weight excluding hydrogens is 272 g/mol. The summed E-state index contributed by atoms with van der Waals surface area (Å²) in [6.45, 7) is 7.90. The van der Waals surface area contributed by atoms with Crippen LogP contribution in [0.1, 0.15) is 24.2 Å². The molecule has 1 atom stereocenters. The van der Waals surface area contributed by atoms with Crippen molar-refractivity contribution >= 4 is 0 Å². The van der Waals surface area contributed by atoms with E-state index in [-0.39, 0.29) is 0 Å². The lowest BCUT2D eigenvalue weighted by molar-refractivity contribution is 0.103. The van der Waals surface area contributed by atoms with Gasteiger partial charge < -0.3 is 4.90 Å². The van der Waals surface area contributed by atoms with E-state index in [1.54, 1.807) is 0 Å². The summed E-state index contributed by atoms with van der Waals surface area (Å²) in [6, 6.07) is 10.8. The summed E-state index contributed by atoms with van der Waals surface area (Å²) in [5, 5.41) is 0. The molecule has 2 aromatic rings. The zero-order valence-corrected chi connectivity index (χ0v) is 13.2. The minimum Gasteiger partial charge on any atom is -0.300 e. The maximum atomic E-state index is 4.40. The molecule has 0 aromatic carbocycles. The smallest absolute Gasteiger partial charge is 0.0416 e. The second kappa shape index (κ2) is 7.47. The molecule has 3 heterocycles. The molecule has 0 radical (unpaired) electrons. The first-order valence-corrected chi connectivity index (χ1v) is 8.09. The Kier molecular flexibility index (Phi) is 5.14. The predicted molar refractivity (Wildman–Crippen MR) is 88.6 cm³/mol. The molecule has 22 heavy (non-hydrogen) atoms. The summed E-state index contributed by atoms with van der Waals surface area (Å²) >= 11 is 0. The molecule has 116 valence electrons. The van der Waals surface area contributed by atoms with Crippen molar-refractivity contribution in [3.63, 3.8) is 0 Å². The Hall–Kier alpha value is -1.78. The van der Waals surface area contributed by atoms with Crippen molar-refractivity contribution in [2.45, 2.75) is 19.4 Å². The van der Waals surface area contributed by atoms with Crippen molar-refractivity contribution < 1.29 is 0 Å². The van der Waals surface area contributed by atoms with Gasteiger partial charge in [0.25, 0.3) is 0 Å². The zero-order chi connectivity index (χ0) is 15.2. The first-order chi connectivity index (χ1) is 10.8. The van der Waals surface area contributed by atoms with Gasteiger partial charge >= 0.3 is 0 Å². The molecule has 2 aromatic heterocycles. The molecule has 4 heteroatoms. The number of hydrogen-bond acceptors (Lipinski definition) is 4. The highest BCUT2D eigenvalue weighted by Crippen LogP contribution is 2.20. The largest absolute Gasteiger partial charge is 0.300 e. The Balaban J connectivity index is 1.46. The first kappa shape index (κ1) is 15.1. The highest BCUT2D eigenvalue weighted by molar-refractivity contribution is 5.13. The van der Waals surface area contributed by atoms with Gasteiger partial charge in [-0.3, -0.25) is 14.9 Å². The van der Waals surface area contributed by atoms with Crippen molar-refractivity contribution in [1.29, 1.82) is 0 Å². The minimum absolute atomic E-state index is 0.451. The quantitative estimate of drug-likeness (QED) is 0.848. The SMILES string of the molecule is C[C@@H](c1cccnc1)N1CCN(CCc2ccccn2)CC1. The lowest BCUT2D eigenvalue weighted by atomic mass is 10.1. The summed E-state index contributed by atoms with van der Waals surface area (Å²) in [7, 11) is 0. The van der Waals surface area contributed by atoms with Crippen molar-refractivity contribution in [2.75, 3.05) is 32.7 Å². The molecule has 0 N–H and O–H groups in total. The summed E-state index contributed by atoms with van der Waals surface area (Å²) < 4.78 is 0. The number of hydrogen-bond donors (Lipinski definition) is 0. The van der Waals surface area contributed by atoms with Crippen molar-refractivity contribution in [3.8, 4) is 0 Å². The van der Waals surface area contributed by atoms with Gasteiger partial charge in [0.2, 0.25) is 0 Å². The predicted octanol–water partition coefficient (Wildman–Crippen LogP) is 2.40. The maximum Gasteiger partial charge on any atom is 0.0416 e. The third-order valence-electron chi connectivity index (χ3n) is 4.53. The molecule has 0 aliphatic carbocycles. The van der Waals surface area contributed by atoms with Crippen LogP contribution in [0.15, 0.2) is 48.9 Å². The maximum absolute atomic E-state index is 4.40.